The summed E-state index contributed by atoms with van der Waals surface area (Å²) in [4.78, 5) is 11.3. The molecule has 6 nitrogen and oxygen atoms in total. The van der Waals surface area contributed by atoms with Crippen LogP contribution in [0.25, 0.3) is 0 Å². The Bertz CT molecular complexity index is 581. The van der Waals surface area contributed by atoms with Crippen molar-refractivity contribution in [1.29, 1.82) is 0 Å². The quantitative estimate of drug-likeness (QED) is 0.837. The molecule has 1 aromatic carbocycles. The maximum absolute atomic E-state index is 11.3. The zero-order valence-corrected chi connectivity index (χ0v) is 10.8. The summed E-state index contributed by atoms with van der Waals surface area (Å²) in [6, 6.07) is 8.03. The molecule has 0 spiro atoms. The van der Waals surface area contributed by atoms with Gasteiger partial charge in [0.15, 0.2) is 11.4 Å². The van der Waals surface area contributed by atoms with E-state index in [-0.39, 0.29) is 17.5 Å². The average molecular weight is 279 g/mol. The number of nitrogens with zero attached hydrogens (tertiary/aromatic N) is 2. The van der Waals surface area contributed by atoms with Gasteiger partial charge < -0.3 is 15.8 Å². The van der Waals surface area contributed by atoms with Crippen LogP contribution in [0.5, 0.6) is 11.6 Å². The Balaban J connectivity index is 2.22. The summed E-state index contributed by atoms with van der Waals surface area (Å²) in [5, 5.41) is 10.3. The molecule has 1 amide bonds. The number of benzene rings is 1. The minimum Gasteiger partial charge on any atom is -0.434 e. The van der Waals surface area contributed by atoms with Crippen molar-refractivity contribution in [2.24, 2.45) is 0 Å². The molecule has 7 heteroatoms. The summed E-state index contributed by atoms with van der Waals surface area (Å²) in [6.45, 7) is 0. The Labute approximate surface area is 114 Å². The number of rotatable bonds is 3. The van der Waals surface area contributed by atoms with Crippen molar-refractivity contribution in [2.45, 2.75) is 0 Å². The average Bonchev–Trinajstić information content (AvgIpc) is 2.43. The molecule has 0 fully saturated rings. The summed E-state index contributed by atoms with van der Waals surface area (Å²) in [7, 11) is 1.51. The maximum Gasteiger partial charge on any atom is 0.271 e. The number of carbonyl (C=O) groups is 1. The van der Waals surface area contributed by atoms with Crippen LogP contribution in [0, 0.1) is 0 Å². The number of ether oxygens (including phenoxy) is 1. The lowest BCUT2D eigenvalue weighted by Crippen LogP contribution is -2.19. The molecule has 2 rings (SSSR count). The maximum atomic E-state index is 11.3. The van der Waals surface area contributed by atoms with Gasteiger partial charge in [-0.15, -0.1) is 10.2 Å². The molecule has 0 aliphatic heterocycles. The molecule has 1 aromatic heterocycles. The van der Waals surface area contributed by atoms with Gasteiger partial charge in [-0.2, -0.15) is 0 Å². The number of halogens is 1. The number of carbonyl (C=O) groups excluding carboxylic acids is 1. The zero-order chi connectivity index (χ0) is 13.8. The molecule has 0 saturated heterocycles. The van der Waals surface area contributed by atoms with Crippen LogP contribution in [0.2, 0.25) is 5.02 Å². The van der Waals surface area contributed by atoms with Gasteiger partial charge in [-0.05, 0) is 18.2 Å². The van der Waals surface area contributed by atoms with Gasteiger partial charge in [0.05, 0.1) is 10.7 Å². The third-order valence-corrected chi connectivity index (χ3v) is 2.60. The predicted molar refractivity (Wildman–Crippen MR) is 71.4 cm³/mol. The van der Waals surface area contributed by atoms with Crippen LogP contribution in [0.15, 0.2) is 30.3 Å². The molecule has 0 bridgehead atoms. The predicted octanol–water partition coefficient (Wildman–Crippen LogP) is 1.86. The SMILES string of the molecule is CNC(=O)c1ccc(Oc2c(N)cccc2Cl)nn1. The molecule has 0 aliphatic carbocycles. The number of amides is 1. The van der Waals surface area contributed by atoms with Crippen molar-refractivity contribution < 1.29 is 9.53 Å². The second kappa shape index (κ2) is 5.53. The highest BCUT2D eigenvalue weighted by atomic mass is 35.5. The zero-order valence-electron chi connectivity index (χ0n) is 10.1. The van der Waals surface area contributed by atoms with Gasteiger partial charge in [0.2, 0.25) is 5.88 Å². The van der Waals surface area contributed by atoms with Crippen LogP contribution in [0.3, 0.4) is 0 Å². The van der Waals surface area contributed by atoms with Crippen molar-refractivity contribution in [3.8, 4) is 11.6 Å². The van der Waals surface area contributed by atoms with Crippen LogP contribution in [-0.2, 0) is 0 Å². The van der Waals surface area contributed by atoms with E-state index in [1.54, 1.807) is 18.2 Å². The van der Waals surface area contributed by atoms with Gasteiger partial charge in [-0.25, -0.2) is 0 Å². The Hall–Kier alpha value is -2.34. The summed E-state index contributed by atoms with van der Waals surface area (Å²) >= 11 is 5.97. The molecule has 0 atom stereocenters. The smallest absolute Gasteiger partial charge is 0.271 e. The number of nitrogen functional groups attached to an aromatic ring is 1. The Morgan fingerprint density at radius 2 is 2.11 bits per heavy atom. The van der Waals surface area contributed by atoms with Gasteiger partial charge in [-0.1, -0.05) is 17.7 Å². The van der Waals surface area contributed by atoms with Crippen LogP contribution in [0.1, 0.15) is 10.5 Å². The van der Waals surface area contributed by atoms with Gasteiger partial charge in [-0.3, -0.25) is 4.79 Å². The molecule has 0 radical (unpaired) electrons. The number of nitrogens with two attached hydrogens (primary N) is 1. The Morgan fingerprint density at radius 3 is 2.68 bits per heavy atom. The van der Waals surface area contributed by atoms with E-state index < -0.39 is 0 Å². The van der Waals surface area contributed by atoms with Crippen molar-refractivity contribution in [3.05, 3.63) is 41.0 Å². The minimum atomic E-state index is -0.323. The molecule has 3 N–H and O–H groups in total. The van der Waals surface area contributed by atoms with Crippen LogP contribution < -0.4 is 15.8 Å². The van der Waals surface area contributed by atoms with Crippen molar-refractivity contribution in [3.63, 3.8) is 0 Å². The Morgan fingerprint density at radius 1 is 1.32 bits per heavy atom. The minimum absolute atomic E-state index is 0.196. The molecular weight excluding hydrogens is 268 g/mol. The lowest BCUT2D eigenvalue weighted by Gasteiger charge is -2.08. The molecule has 0 saturated carbocycles. The molecular formula is C12H11ClN4O2. The number of aromatic nitrogens is 2. The number of anilines is 1. The lowest BCUT2D eigenvalue weighted by molar-refractivity contribution is 0.0957. The normalized spacial score (nSPS) is 10.0. The second-order valence-corrected chi connectivity index (χ2v) is 4.00. The number of hydrogen-bond acceptors (Lipinski definition) is 5. The molecule has 0 unspecified atom stereocenters. The van der Waals surface area contributed by atoms with E-state index >= 15 is 0 Å². The number of nitrogens with one attached hydrogen (secondary N) is 1. The molecule has 0 aliphatic rings. The first-order chi connectivity index (χ1) is 9.11. The fourth-order valence-electron chi connectivity index (χ4n) is 1.36. The second-order valence-electron chi connectivity index (χ2n) is 3.60. The number of para-hydroxylation sites is 1. The van der Waals surface area contributed by atoms with Gasteiger partial charge in [0.25, 0.3) is 5.91 Å². The van der Waals surface area contributed by atoms with Crippen LogP contribution >= 0.6 is 11.6 Å². The van der Waals surface area contributed by atoms with E-state index in [2.05, 4.69) is 15.5 Å². The van der Waals surface area contributed by atoms with Crippen molar-refractivity contribution in [2.75, 3.05) is 12.8 Å². The summed E-state index contributed by atoms with van der Waals surface area (Å²) in [6.07, 6.45) is 0. The fourth-order valence-corrected chi connectivity index (χ4v) is 1.58. The molecule has 19 heavy (non-hydrogen) atoms. The summed E-state index contributed by atoms with van der Waals surface area (Å²) in [5.74, 6) is 0.190. The monoisotopic (exact) mass is 278 g/mol. The van der Waals surface area contributed by atoms with Gasteiger partial charge in [0, 0.05) is 13.1 Å². The van der Waals surface area contributed by atoms with E-state index in [1.807, 2.05) is 0 Å². The standard InChI is InChI=1S/C12H11ClN4O2/c1-15-12(18)9-5-6-10(17-16-9)19-11-7(13)3-2-4-8(11)14/h2-6H,14H2,1H3,(H,15,18). The first-order valence-corrected chi connectivity index (χ1v) is 5.77. The van der Waals surface area contributed by atoms with E-state index in [1.165, 1.54) is 19.2 Å². The van der Waals surface area contributed by atoms with E-state index in [9.17, 15) is 4.79 Å². The topological polar surface area (TPSA) is 90.1 Å². The third-order valence-electron chi connectivity index (χ3n) is 2.30. The Kier molecular flexibility index (Phi) is 3.82. The molecule has 2 aromatic rings. The summed E-state index contributed by atoms with van der Waals surface area (Å²) < 4.78 is 5.45. The van der Waals surface area contributed by atoms with Crippen LogP contribution in [-0.4, -0.2) is 23.2 Å². The van der Waals surface area contributed by atoms with E-state index in [0.29, 0.717) is 16.5 Å². The molecule has 98 valence electrons. The van der Waals surface area contributed by atoms with Crippen molar-refractivity contribution >= 4 is 23.2 Å². The van der Waals surface area contributed by atoms with E-state index in [4.69, 9.17) is 22.1 Å². The first kappa shape index (κ1) is 13.1. The highest BCUT2D eigenvalue weighted by molar-refractivity contribution is 6.32. The van der Waals surface area contributed by atoms with Crippen molar-refractivity contribution in [1.82, 2.24) is 15.5 Å². The van der Waals surface area contributed by atoms with E-state index in [0.717, 1.165) is 0 Å². The van der Waals surface area contributed by atoms with Crippen LogP contribution in [0.4, 0.5) is 5.69 Å². The third kappa shape index (κ3) is 2.92. The molecule has 1 heterocycles. The van der Waals surface area contributed by atoms with Gasteiger partial charge >= 0.3 is 0 Å². The van der Waals surface area contributed by atoms with Gasteiger partial charge in [0.1, 0.15) is 0 Å². The first-order valence-electron chi connectivity index (χ1n) is 5.39. The lowest BCUT2D eigenvalue weighted by atomic mass is 10.3. The largest absolute Gasteiger partial charge is 0.434 e. The fraction of sp³-hybridized carbons (Fsp3) is 0.0833. The highest BCUT2D eigenvalue weighted by Gasteiger charge is 2.10. The number of hydrogen-bond donors (Lipinski definition) is 2. The summed E-state index contributed by atoms with van der Waals surface area (Å²) in [5.41, 5.74) is 6.34. The highest BCUT2D eigenvalue weighted by Crippen LogP contribution is 2.33.